The first kappa shape index (κ1) is 17.4. The molecule has 156 valence electrons. The number of piperidine rings is 2. The third kappa shape index (κ3) is 1.29. The van der Waals surface area contributed by atoms with Crippen molar-refractivity contribution in [3.05, 3.63) is 12.2 Å². The third-order valence-corrected chi connectivity index (χ3v) is 11.2. The Hall–Kier alpha value is -1.24. The Kier molecular flexibility index (Phi) is 2.55. The lowest BCUT2D eigenvalue weighted by Gasteiger charge is -2.65. The maximum absolute atomic E-state index is 13.6. The van der Waals surface area contributed by atoms with Crippen molar-refractivity contribution in [2.24, 2.45) is 39.9 Å². The highest BCUT2D eigenvalue weighted by Crippen LogP contribution is 2.90. The summed E-state index contributed by atoms with van der Waals surface area (Å²) < 4.78 is 6.19. The first-order chi connectivity index (χ1) is 13.5. The number of rotatable bonds is 1. The van der Waals surface area contributed by atoms with Gasteiger partial charge in [0, 0.05) is 29.1 Å². The van der Waals surface area contributed by atoms with E-state index < -0.39 is 17.2 Å². The lowest BCUT2D eigenvalue weighted by atomic mass is 9.39. The fourth-order valence-electron chi connectivity index (χ4n) is 11.6. The van der Waals surface area contributed by atoms with Crippen molar-refractivity contribution < 1.29 is 29.0 Å². The number of hydrogen-bond acceptors (Lipinski definition) is 5. The molecule has 3 aliphatic heterocycles. The summed E-state index contributed by atoms with van der Waals surface area (Å²) in [7, 11) is 2.09. The number of fused-ring (bicyclic) bond motifs is 1. The van der Waals surface area contributed by atoms with Crippen LogP contribution in [-0.4, -0.2) is 64.0 Å². The fourth-order valence-corrected chi connectivity index (χ4v) is 11.6. The van der Waals surface area contributed by atoms with Crippen LogP contribution in [0.5, 0.6) is 0 Å². The molecule has 6 saturated carbocycles. The van der Waals surface area contributed by atoms with E-state index in [2.05, 4.69) is 20.6 Å². The van der Waals surface area contributed by atoms with Crippen LogP contribution in [0.1, 0.15) is 39.5 Å². The van der Waals surface area contributed by atoms with Gasteiger partial charge in [0.15, 0.2) is 0 Å². The molecule has 9 bridgehead atoms. The summed E-state index contributed by atoms with van der Waals surface area (Å²) in [5, 5.41) is 24.2. The number of aliphatic hydroxyl groups is 2. The molecule has 2 spiro atoms. The number of allylic oxidation sites excluding steroid dienone is 1. The van der Waals surface area contributed by atoms with Crippen molar-refractivity contribution in [1.29, 1.82) is 0 Å². The maximum atomic E-state index is 13.6. The van der Waals surface area contributed by atoms with Crippen LogP contribution < -0.4 is 0 Å². The SMILES string of the molecule is C=C1C[C@@]23C4C[C@@H]1C(=O)[C@H]2[C@@H]1[C@]42C[C@@H](OC(C)=O)CC4(C)C[N+]1(C)[C@](O)(C42)[C@H]3O. The van der Waals surface area contributed by atoms with E-state index in [-0.39, 0.29) is 58.4 Å². The highest BCUT2D eigenvalue weighted by Gasteiger charge is 3.01. The topological polar surface area (TPSA) is 83.8 Å². The fraction of sp³-hybridized carbons (Fsp3) is 0.826. The first-order valence-corrected chi connectivity index (χ1v) is 11.1. The highest BCUT2D eigenvalue weighted by atomic mass is 16.5. The number of ether oxygens (including phenoxy) is 1. The number of Topliss-reactive ketones (excluding diaryl/α,β-unsaturated/α-hetero) is 1. The van der Waals surface area contributed by atoms with Crippen molar-refractivity contribution >= 4 is 11.8 Å². The predicted molar refractivity (Wildman–Crippen MR) is 101 cm³/mol. The lowest BCUT2D eigenvalue weighted by molar-refractivity contribution is -0.998. The zero-order valence-electron chi connectivity index (χ0n) is 17.4. The molecule has 0 aromatic rings. The van der Waals surface area contributed by atoms with Gasteiger partial charge in [-0.2, -0.15) is 0 Å². The van der Waals surface area contributed by atoms with Gasteiger partial charge in [0.1, 0.15) is 24.0 Å². The molecular weight excluding hydrogens is 370 g/mol. The van der Waals surface area contributed by atoms with Crippen molar-refractivity contribution in [3.63, 3.8) is 0 Å². The number of carbonyl (C=O) groups is 2. The Labute approximate surface area is 170 Å². The number of carbonyl (C=O) groups excluding carboxylic acids is 2. The van der Waals surface area contributed by atoms with E-state index in [0.717, 1.165) is 31.4 Å². The second-order valence-electron chi connectivity index (χ2n) is 12.1. The number of likely N-dealkylation sites (N-methyl/N-ethyl adjacent to an activating group) is 1. The predicted octanol–water partition coefficient (Wildman–Crippen LogP) is 1.01. The molecule has 29 heavy (non-hydrogen) atoms. The molecule has 0 radical (unpaired) electrons. The summed E-state index contributed by atoms with van der Waals surface area (Å²) in [6, 6.07) is 0.0166. The number of aliphatic hydroxyl groups excluding tert-OH is 1. The van der Waals surface area contributed by atoms with E-state index in [9.17, 15) is 19.8 Å². The Morgan fingerprint density at radius 1 is 1.31 bits per heavy atom. The molecule has 6 nitrogen and oxygen atoms in total. The molecule has 0 aromatic heterocycles. The van der Waals surface area contributed by atoms with Crippen LogP contribution in [0.4, 0.5) is 0 Å². The van der Waals surface area contributed by atoms with Gasteiger partial charge in [-0.15, -0.1) is 0 Å². The first-order valence-electron chi connectivity index (χ1n) is 11.1. The van der Waals surface area contributed by atoms with Gasteiger partial charge in [-0.25, -0.2) is 0 Å². The molecule has 6 aliphatic carbocycles. The Balaban J connectivity index is 1.52. The van der Waals surface area contributed by atoms with Crippen LogP contribution >= 0.6 is 0 Å². The van der Waals surface area contributed by atoms with E-state index in [1.165, 1.54) is 6.92 Å². The third-order valence-electron chi connectivity index (χ3n) is 11.2. The van der Waals surface area contributed by atoms with E-state index in [1.807, 2.05) is 0 Å². The maximum Gasteiger partial charge on any atom is 0.302 e. The van der Waals surface area contributed by atoms with Gasteiger partial charge in [-0.05, 0) is 31.6 Å². The van der Waals surface area contributed by atoms with Crippen LogP contribution in [0.25, 0.3) is 0 Å². The number of nitrogens with zero attached hydrogens (tertiary/aromatic N) is 1. The zero-order valence-corrected chi connectivity index (χ0v) is 17.4. The van der Waals surface area contributed by atoms with Crippen molar-refractivity contribution in [2.45, 2.75) is 63.5 Å². The average Bonchev–Trinajstić information content (AvgIpc) is 2.94. The molecule has 9 fully saturated rings. The van der Waals surface area contributed by atoms with Gasteiger partial charge in [-0.1, -0.05) is 19.1 Å². The molecular formula is C23H30NO5+. The van der Waals surface area contributed by atoms with Gasteiger partial charge in [-0.3, -0.25) is 14.1 Å². The minimum atomic E-state index is -1.22. The van der Waals surface area contributed by atoms with Crippen LogP contribution in [-0.2, 0) is 14.3 Å². The van der Waals surface area contributed by atoms with E-state index in [0.29, 0.717) is 10.9 Å². The summed E-state index contributed by atoms with van der Waals surface area (Å²) in [5.74, 6) is -0.172. The Bertz CT molecular complexity index is 948. The smallest absolute Gasteiger partial charge is 0.302 e. The summed E-state index contributed by atoms with van der Waals surface area (Å²) in [4.78, 5) is 25.5. The van der Waals surface area contributed by atoms with Crippen LogP contribution in [0, 0.1) is 39.9 Å². The largest absolute Gasteiger partial charge is 0.463 e. The molecule has 6 heteroatoms. The highest BCUT2D eigenvalue weighted by molar-refractivity contribution is 5.91. The van der Waals surface area contributed by atoms with Gasteiger partial charge >= 0.3 is 5.97 Å². The van der Waals surface area contributed by atoms with Crippen LogP contribution in [0.15, 0.2) is 12.2 Å². The quantitative estimate of drug-likeness (QED) is 0.390. The van der Waals surface area contributed by atoms with Crippen molar-refractivity contribution in [3.8, 4) is 0 Å². The molecule has 4 unspecified atom stereocenters. The summed E-state index contributed by atoms with van der Waals surface area (Å²) in [5.41, 5.74) is -1.32. The van der Waals surface area contributed by atoms with Gasteiger partial charge in [0.05, 0.1) is 25.4 Å². The second-order valence-corrected chi connectivity index (χ2v) is 12.1. The van der Waals surface area contributed by atoms with Crippen LogP contribution in [0.3, 0.4) is 0 Å². The Morgan fingerprint density at radius 3 is 2.72 bits per heavy atom. The second kappa shape index (κ2) is 4.23. The standard InChI is InChI=1S/C23H30NO5/c1-10-6-21-14-5-13(10)16(26)15(21)17-22(14)8-12(29-11(2)25)7-20(3)9-24(17,4)23(28,18(20)22)19(21)27/h12-15,17-19,27-28H,1,5-9H2,2-4H3/q+1/t12-,13-,14?,15-,17+,18?,19-,20?,21+,22-,23-,24?/m0/s1. The summed E-state index contributed by atoms with van der Waals surface area (Å²) in [6.07, 6.45) is 1.77. The summed E-state index contributed by atoms with van der Waals surface area (Å²) in [6.45, 7) is 8.62. The number of quaternary nitrogens is 1. The zero-order chi connectivity index (χ0) is 20.5. The molecule has 9 rings (SSSR count). The molecule has 12 atom stereocenters. The van der Waals surface area contributed by atoms with Gasteiger partial charge < -0.3 is 14.9 Å². The van der Waals surface area contributed by atoms with E-state index in [4.69, 9.17) is 4.74 Å². The molecule has 0 amide bonds. The Morgan fingerprint density at radius 2 is 2.03 bits per heavy atom. The van der Waals surface area contributed by atoms with E-state index >= 15 is 0 Å². The van der Waals surface area contributed by atoms with Gasteiger partial charge in [0.2, 0.25) is 5.72 Å². The number of hydrogen-bond donors (Lipinski definition) is 2. The van der Waals surface area contributed by atoms with Crippen molar-refractivity contribution in [2.75, 3.05) is 13.6 Å². The van der Waals surface area contributed by atoms with Crippen molar-refractivity contribution in [1.82, 2.24) is 0 Å². The van der Waals surface area contributed by atoms with E-state index in [1.54, 1.807) is 0 Å². The molecule has 3 saturated heterocycles. The van der Waals surface area contributed by atoms with Crippen LogP contribution in [0.2, 0.25) is 0 Å². The minimum absolute atomic E-state index is 0.0166. The average molecular weight is 400 g/mol. The normalized spacial score (nSPS) is 67.4. The molecule has 0 aromatic carbocycles. The van der Waals surface area contributed by atoms with Gasteiger partial charge in [0.25, 0.3) is 0 Å². The molecule has 9 aliphatic rings. The number of ketones is 1. The number of esters is 1. The summed E-state index contributed by atoms with van der Waals surface area (Å²) >= 11 is 0. The lowest BCUT2D eigenvalue weighted by Crippen LogP contribution is -2.78. The molecule has 3 heterocycles. The monoisotopic (exact) mass is 400 g/mol. The minimum Gasteiger partial charge on any atom is -0.463 e. The molecule has 2 N–H and O–H groups in total.